The van der Waals surface area contributed by atoms with E-state index in [9.17, 15) is 19.5 Å². The first kappa shape index (κ1) is 25.2. The Labute approximate surface area is 206 Å². The van der Waals surface area contributed by atoms with Gasteiger partial charge in [0.1, 0.15) is 25.0 Å². The Morgan fingerprint density at radius 1 is 1.22 bits per heavy atom. The predicted octanol–water partition coefficient (Wildman–Crippen LogP) is 2.48. The third-order valence-corrected chi connectivity index (χ3v) is 5.63. The van der Waals surface area contributed by atoms with Crippen LogP contribution in [-0.4, -0.2) is 52.0 Å². The number of esters is 2. The van der Waals surface area contributed by atoms with Crippen LogP contribution in [0.2, 0.25) is 0 Å². The molecule has 1 aliphatic rings. The van der Waals surface area contributed by atoms with Crippen molar-refractivity contribution in [3.05, 3.63) is 52.1 Å². The molecule has 1 saturated heterocycles. The monoisotopic (exact) mass is 494 g/mol. The number of fused-ring (bicyclic) bond motifs is 1. The summed E-state index contributed by atoms with van der Waals surface area (Å²) in [6, 6.07) is 7.65. The Morgan fingerprint density at radius 3 is 2.64 bits per heavy atom. The number of ether oxygens (including phenoxy) is 3. The zero-order valence-corrected chi connectivity index (χ0v) is 20.1. The van der Waals surface area contributed by atoms with Gasteiger partial charge in [0.2, 0.25) is 5.71 Å². The van der Waals surface area contributed by atoms with Gasteiger partial charge in [0.25, 0.3) is 0 Å². The molecule has 36 heavy (non-hydrogen) atoms. The van der Waals surface area contributed by atoms with Crippen molar-refractivity contribution >= 4 is 23.0 Å². The summed E-state index contributed by atoms with van der Waals surface area (Å²) >= 11 is 0. The normalized spacial score (nSPS) is 19.1. The quantitative estimate of drug-likeness (QED) is 0.406. The molecule has 1 aliphatic heterocycles. The van der Waals surface area contributed by atoms with Crippen LogP contribution >= 0.6 is 0 Å². The maximum atomic E-state index is 12.9. The number of furan rings is 1. The molecule has 0 amide bonds. The summed E-state index contributed by atoms with van der Waals surface area (Å²) in [4.78, 5) is 39.9. The zero-order chi connectivity index (χ0) is 25.8. The Balaban J connectivity index is 1.76. The minimum Gasteiger partial charge on any atom is -0.463 e. The maximum absolute atomic E-state index is 12.9. The molecule has 3 aromatic rings. The van der Waals surface area contributed by atoms with Gasteiger partial charge >= 0.3 is 17.6 Å². The summed E-state index contributed by atoms with van der Waals surface area (Å²) in [5, 5.41) is 9.66. The van der Waals surface area contributed by atoms with E-state index in [1.54, 1.807) is 6.20 Å². The molecule has 1 aromatic carbocycles. The van der Waals surface area contributed by atoms with Crippen molar-refractivity contribution in [2.45, 2.75) is 52.0 Å². The molecule has 10 nitrogen and oxygen atoms in total. The lowest BCUT2D eigenvalue weighted by Gasteiger charge is -2.17. The van der Waals surface area contributed by atoms with Crippen molar-refractivity contribution in [2.75, 3.05) is 13.2 Å². The summed E-state index contributed by atoms with van der Waals surface area (Å²) in [7, 11) is 0. The van der Waals surface area contributed by atoms with Gasteiger partial charge in [0.15, 0.2) is 5.76 Å². The van der Waals surface area contributed by atoms with Gasteiger partial charge in [0, 0.05) is 38.4 Å². The van der Waals surface area contributed by atoms with E-state index < -0.39 is 36.1 Å². The van der Waals surface area contributed by atoms with Crippen molar-refractivity contribution in [1.82, 2.24) is 9.55 Å². The SMILES string of the molecule is CC(=O)OC[C@H]1O[C@@H](n2cc3c(C#CCCO)c(-c4ccc(C)cc4)oc3nc2=O)C[C@@H]1OC(C)=O. The summed E-state index contributed by atoms with van der Waals surface area (Å²) in [6.07, 6.45) is -0.311. The van der Waals surface area contributed by atoms with Crippen molar-refractivity contribution < 1.29 is 33.3 Å². The fourth-order valence-corrected chi connectivity index (χ4v) is 3.98. The highest BCUT2D eigenvalue weighted by atomic mass is 16.6. The van der Waals surface area contributed by atoms with Crippen LogP contribution < -0.4 is 5.69 Å². The Kier molecular flexibility index (Phi) is 7.52. The Morgan fingerprint density at radius 2 is 1.97 bits per heavy atom. The van der Waals surface area contributed by atoms with Crippen LogP contribution in [0, 0.1) is 18.8 Å². The van der Waals surface area contributed by atoms with Crippen LogP contribution in [0.3, 0.4) is 0 Å². The van der Waals surface area contributed by atoms with E-state index >= 15 is 0 Å². The molecule has 1 N–H and O–H groups in total. The predicted molar refractivity (Wildman–Crippen MR) is 128 cm³/mol. The van der Waals surface area contributed by atoms with Gasteiger partial charge in [-0.2, -0.15) is 4.98 Å². The molecule has 0 spiro atoms. The number of carbonyl (C=O) groups is 2. The molecular formula is C26H26N2O8. The van der Waals surface area contributed by atoms with Gasteiger partial charge in [-0.05, 0) is 6.92 Å². The molecule has 10 heteroatoms. The molecule has 0 aliphatic carbocycles. The molecular weight excluding hydrogens is 468 g/mol. The fourth-order valence-electron chi connectivity index (χ4n) is 3.98. The van der Waals surface area contributed by atoms with E-state index in [0.29, 0.717) is 16.7 Å². The van der Waals surface area contributed by atoms with E-state index in [1.807, 2.05) is 31.2 Å². The van der Waals surface area contributed by atoms with Gasteiger partial charge in [-0.25, -0.2) is 4.79 Å². The second kappa shape index (κ2) is 10.8. The number of rotatable bonds is 6. The first-order chi connectivity index (χ1) is 17.3. The molecule has 0 unspecified atom stereocenters. The van der Waals surface area contributed by atoms with Crippen molar-refractivity contribution in [3.8, 4) is 23.2 Å². The second-order valence-corrected chi connectivity index (χ2v) is 8.41. The standard InChI is InChI=1S/C26H26N2O8/c1-15-7-9-18(10-8-15)24-19(6-4-5-11-29)20-13-28(26(32)27-25(20)36-24)23-12-21(34-17(3)31)22(35-23)14-33-16(2)30/h7-10,13,21-23,29H,5,11-12,14H2,1-3H3/t21-,22+,23+/m0/s1. The van der Waals surface area contributed by atoms with E-state index in [-0.39, 0.29) is 31.8 Å². The maximum Gasteiger partial charge on any atom is 0.353 e. The van der Waals surface area contributed by atoms with E-state index in [2.05, 4.69) is 16.8 Å². The van der Waals surface area contributed by atoms with E-state index in [1.165, 1.54) is 18.4 Å². The minimum atomic E-state index is -0.824. The number of aliphatic hydroxyl groups excluding tert-OH is 1. The van der Waals surface area contributed by atoms with Gasteiger partial charge < -0.3 is 23.7 Å². The smallest absolute Gasteiger partial charge is 0.353 e. The number of hydrogen-bond acceptors (Lipinski definition) is 9. The molecule has 1 fully saturated rings. The average Bonchev–Trinajstić information content (AvgIpc) is 3.38. The molecule has 0 saturated carbocycles. The van der Waals surface area contributed by atoms with Gasteiger partial charge in [0.05, 0.1) is 17.6 Å². The van der Waals surface area contributed by atoms with Crippen LogP contribution in [0.1, 0.15) is 44.0 Å². The lowest BCUT2D eigenvalue weighted by molar-refractivity contribution is -0.155. The highest BCUT2D eigenvalue weighted by Gasteiger charge is 2.40. The van der Waals surface area contributed by atoms with Crippen molar-refractivity contribution in [1.29, 1.82) is 0 Å². The second-order valence-electron chi connectivity index (χ2n) is 8.41. The van der Waals surface area contributed by atoms with Crippen LogP contribution in [-0.2, 0) is 23.8 Å². The highest BCUT2D eigenvalue weighted by Crippen LogP contribution is 2.34. The average molecular weight is 495 g/mol. The van der Waals surface area contributed by atoms with E-state index in [4.69, 9.17) is 18.6 Å². The lowest BCUT2D eigenvalue weighted by Crippen LogP contribution is -2.31. The summed E-state index contributed by atoms with van der Waals surface area (Å²) < 4.78 is 23.6. The van der Waals surface area contributed by atoms with Crippen LogP contribution in [0.15, 0.2) is 39.7 Å². The fraction of sp³-hybridized carbons (Fsp3) is 0.385. The van der Waals surface area contributed by atoms with Crippen LogP contribution in [0.4, 0.5) is 0 Å². The number of hydrogen-bond donors (Lipinski definition) is 1. The molecule has 4 rings (SSSR count). The van der Waals surface area contributed by atoms with E-state index in [0.717, 1.165) is 11.1 Å². The first-order valence-corrected chi connectivity index (χ1v) is 11.4. The summed E-state index contributed by atoms with van der Waals surface area (Å²) in [5.41, 5.74) is 1.85. The molecule has 0 radical (unpaired) electrons. The van der Waals surface area contributed by atoms with Crippen LogP contribution in [0.5, 0.6) is 0 Å². The molecule has 0 bridgehead atoms. The van der Waals surface area contributed by atoms with Crippen LogP contribution in [0.25, 0.3) is 22.4 Å². The lowest BCUT2D eigenvalue weighted by atomic mass is 10.1. The molecule has 2 aromatic heterocycles. The zero-order valence-electron chi connectivity index (χ0n) is 20.1. The number of benzene rings is 1. The van der Waals surface area contributed by atoms with Gasteiger partial charge in [-0.3, -0.25) is 14.2 Å². The highest BCUT2D eigenvalue weighted by molar-refractivity contribution is 5.88. The minimum absolute atomic E-state index is 0.0945. The third kappa shape index (κ3) is 5.48. The largest absolute Gasteiger partial charge is 0.463 e. The third-order valence-electron chi connectivity index (χ3n) is 5.63. The molecule has 188 valence electrons. The Hall–Kier alpha value is -3.94. The number of aliphatic hydroxyl groups is 1. The summed E-state index contributed by atoms with van der Waals surface area (Å²) in [6.45, 7) is 4.28. The van der Waals surface area contributed by atoms with Crippen molar-refractivity contribution in [3.63, 3.8) is 0 Å². The Bertz CT molecular complexity index is 1390. The topological polar surface area (TPSA) is 130 Å². The van der Waals surface area contributed by atoms with Gasteiger partial charge in [-0.1, -0.05) is 41.7 Å². The number of carbonyl (C=O) groups excluding carboxylic acids is 2. The number of aromatic nitrogens is 2. The first-order valence-electron chi connectivity index (χ1n) is 11.4. The van der Waals surface area contributed by atoms with Crippen molar-refractivity contribution in [2.24, 2.45) is 0 Å². The molecule has 3 atom stereocenters. The van der Waals surface area contributed by atoms with Gasteiger partial charge in [-0.15, -0.1) is 0 Å². The summed E-state index contributed by atoms with van der Waals surface area (Å²) in [5.74, 6) is 5.38. The molecule has 3 heterocycles. The number of nitrogens with zero attached hydrogens (tertiary/aromatic N) is 2. The number of aryl methyl sites for hydroxylation is 1.